The number of nitrogens with zero attached hydrogens (tertiary/aromatic N) is 5. The highest BCUT2D eigenvalue weighted by Gasteiger charge is 2.21. The fourth-order valence-electron chi connectivity index (χ4n) is 1.88. The zero-order valence-electron chi connectivity index (χ0n) is 9.00. The average Bonchev–Trinajstić information content (AvgIpc) is 2.78. The van der Waals surface area contributed by atoms with E-state index in [-0.39, 0.29) is 6.10 Å². The molecule has 6 nitrogen and oxygen atoms in total. The summed E-state index contributed by atoms with van der Waals surface area (Å²) in [4.78, 5) is 2.18. The summed E-state index contributed by atoms with van der Waals surface area (Å²) in [5, 5.41) is 21.0. The van der Waals surface area contributed by atoms with Gasteiger partial charge in [-0.1, -0.05) is 6.92 Å². The molecule has 15 heavy (non-hydrogen) atoms. The monoisotopic (exact) mass is 211 g/mol. The van der Waals surface area contributed by atoms with E-state index in [1.54, 1.807) is 0 Å². The lowest BCUT2D eigenvalue weighted by Crippen LogP contribution is -2.24. The Bertz CT molecular complexity index is 313. The van der Waals surface area contributed by atoms with Gasteiger partial charge in [0.25, 0.3) is 0 Å². The van der Waals surface area contributed by atoms with Gasteiger partial charge in [-0.3, -0.25) is 4.90 Å². The second-order valence-electron chi connectivity index (χ2n) is 4.00. The summed E-state index contributed by atoms with van der Waals surface area (Å²) in [6, 6.07) is 0. The minimum absolute atomic E-state index is 0.180. The van der Waals surface area contributed by atoms with Crippen molar-refractivity contribution in [3.8, 4) is 0 Å². The molecule has 2 rings (SSSR count). The molecular formula is C9H17N5O. The largest absolute Gasteiger partial charge is 0.392 e. The summed E-state index contributed by atoms with van der Waals surface area (Å²) >= 11 is 0. The first-order chi connectivity index (χ1) is 7.29. The third-order valence-electron chi connectivity index (χ3n) is 2.65. The molecule has 1 fully saturated rings. The molecule has 1 N–H and O–H groups in total. The van der Waals surface area contributed by atoms with Crippen molar-refractivity contribution in [1.82, 2.24) is 25.1 Å². The van der Waals surface area contributed by atoms with Crippen molar-refractivity contribution >= 4 is 0 Å². The average molecular weight is 211 g/mol. The minimum Gasteiger partial charge on any atom is -0.392 e. The molecule has 0 bridgehead atoms. The second-order valence-corrected chi connectivity index (χ2v) is 4.00. The summed E-state index contributed by atoms with van der Waals surface area (Å²) in [5.74, 6) is 0.894. The van der Waals surface area contributed by atoms with Gasteiger partial charge in [0.05, 0.1) is 12.6 Å². The van der Waals surface area contributed by atoms with Gasteiger partial charge >= 0.3 is 0 Å². The van der Waals surface area contributed by atoms with Crippen LogP contribution >= 0.6 is 0 Å². The quantitative estimate of drug-likeness (QED) is 0.737. The number of hydrogen-bond donors (Lipinski definition) is 1. The van der Waals surface area contributed by atoms with Gasteiger partial charge in [-0.2, -0.15) is 0 Å². The Morgan fingerprint density at radius 1 is 1.53 bits per heavy atom. The number of aliphatic hydroxyl groups excluding tert-OH is 1. The topological polar surface area (TPSA) is 67.1 Å². The minimum atomic E-state index is -0.180. The van der Waals surface area contributed by atoms with Crippen LogP contribution in [0.4, 0.5) is 0 Å². The Morgan fingerprint density at radius 2 is 2.40 bits per heavy atom. The van der Waals surface area contributed by atoms with Crippen molar-refractivity contribution in [2.75, 3.05) is 13.1 Å². The van der Waals surface area contributed by atoms with Crippen LogP contribution in [0.3, 0.4) is 0 Å². The van der Waals surface area contributed by atoms with Crippen LogP contribution in [0.25, 0.3) is 0 Å². The van der Waals surface area contributed by atoms with E-state index in [9.17, 15) is 5.11 Å². The molecule has 1 aromatic heterocycles. The molecule has 0 radical (unpaired) electrons. The maximum absolute atomic E-state index is 9.40. The van der Waals surface area contributed by atoms with Crippen molar-refractivity contribution in [3.63, 3.8) is 0 Å². The summed E-state index contributed by atoms with van der Waals surface area (Å²) in [5.41, 5.74) is 0. The molecule has 2 heterocycles. The van der Waals surface area contributed by atoms with Crippen molar-refractivity contribution < 1.29 is 5.11 Å². The predicted octanol–water partition coefficient (Wildman–Crippen LogP) is -0.350. The molecule has 6 heteroatoms. The Kier molecular flexibility index (Phi) is 3.27. The van der Waals surface area contributed by atoms with E-state index in [2.05, 4.69) is 27.3 Å². The molecular weight excluding hydrogens is 194 g/mol. The van der Waals surface area contributed by atoms with E-state index < -0.39 is 0 Å². The lowest BCUT2D eigenvalue weighted by molar-refractivity contribution is 0.173. The van der Waals surface area contributed by atoms with Crippen LogP contribution in [0.5, 0.6) is 0 Å². The Balaban J connectivity index is 1.95. The number of aliphatic hydroxyl groups is 1. The molecule has 0 amide bonds. The van der Waals surface area contributed by atoms with E-state index in [0.717, 1.165) is 44.8 Å². The molecule has 1 aromatic rings. The first-order valence-corrected chi connectivity index (χ1v) is 5.45. The summed E-state index contributed by atoms with van der Waals surface area (Å²) in [7, 11) is 0. The first kappa shape index (κ1) is 10.5. The van der Waals surface area contributed by atoms with Crippen LogP contribution in [0.1, 0.15) is 25.6 Å². The Hall–Kier alpha value is -1.01. The van der Waals surface area contributed by atoms with Crippen molar-refractivity contribution in [2.24, 2.45) is 0 Å². The molecule has 0 saturated carbocycles. The smallest absolute Gasteiger partial charge is 0.165 e. The first-order valence-electron chi connectivity index (χ1n) is 5.45. The zero-order valence-corrected chi connectivity index (χ0v) is 9.00. The molecule has 0 aliphatic carbocycles. The standard InChI is InChI=1S/C9H17N5O/c1-2-4-14-9(10-11-12-14)7-13-5-3-8(15)6-13/h8,15H,2-7H2,1H3/t8-/m1/s1. The zero-order chi connectivity index (χ0) is 10.7. The molecule has 1 aliphatic rings. The van der Waals surface area contributed by atoms with Gasteiger partial charge in [-0.05, 0) is 23.3 Å². The van der Waals surface area contributed by atoms with Crippen LogP contribution in [0, 0.1) is 0 Å². The number of rotatable bonds is 4. The van der Waals surface area contributed by atoms with Gasteiger partial charge in [0.1, 0.15) is 0 Å². The van der Waals surface area contributed by atoms with Gasteiger partial charge in [-0.25, -0.2) is 4.68 Å². The predicted molar refractivity (Wildman–Crippen MR) is 54.0 cm³/mol. The third-order valence-corrected chi connectivity index (χ3v) is 2.65. The van der Waals surface area contributed by atoms with Crippen molar-refractivity contribution in [1.29, 1.82) is 0 Å². The van der Waals surface area contributed by atoms with Gasteiger partial charge in [0, 0.05) is 19.6 Å². The highest BCUT2D eigenvalue weighted by Crippen LogP contribution is 2.11. The summed E-state index contributed by atoms with van der Waals surface area (Å²) in [6.07, 6.45) is 1.70. The van der Waals surface area contributed by atoms with Gasteiger partial charge in [0.15, 0.2) is 5.82 Å². The van der Waals surface area contributed by atoms with Crippen LogP contribution in [0.15, 0.2) is 0 Å². The molecule has 0 aromatic carbocycles. The molecule has 1 aliphatic heterocycles. The normalized spacial score (nSPS) is 22.4. The van der Waals surface area contributed by atoms with Gasteiger partial charge in [-0.15, -0.1) is 5.10 Å². The Labute approximate surface area is 88.9 Å². The molecule has 1 atom stereocenters. The number of aryl methyl sites for hydroxylation is 1. The Morgan fingerprint density at radius 3 is 3.07 bits per heavy atom. The summed E-state index contributed by atoms with van der Waals surface area (Å²) in [6.45, 7) is 5.37. The summed E-state index contributed by atoms with van der Waals surface area (Å²) < 4.78 is 1.84. The van der Waals surface area contributed by atoms with Gasteiger partial charge in [0.2, 0.25) is 0 Å². The lowest BCUT2D eigenvalue weighted by Gasteiger charge is -2.13. The van der Waals surface area contributed by atoms with Crippen molar-refractivity contribution in [2.45, 2.75) is 39.0 Å². The SMILES string of the molecule is CCCn1nnnc1CN1CC[C@@H](O)C1. The van der Waals surface area contributed by atoms with Gasteiger partial charge < -0.3 is 5.11 Å². The third kappa shape index (κ3) is 2.51. The highest BCUT2D eigenvalue weighted by molar-refractivity contribution is 4.84. The number of tetrazole rings is 1. The molecule has 84 valence electrons. The maximum atomic E-state index is 9.40. The van der Waals surface area contributed by atoms with E-state index in [4.69, 9.17) is 0 Å². The second kappa shape index (κ2) is 4.67. The van der Waals surface area contributed by atoms with E-state index in [1.807, 2.05) is 4.68 Å². The molecule has 0 spiro atoms. The maximum Gasteiger partial charge on any atom is 0.165 e. The molecule has 0 unspecified atom stereocenters. The number of hydrogen-bond acceptors (Lipinski definition) is 5. The number of aromatic nitrogens is 4. The fraction of sp³-hybridized carbons (Fsp3) is 0.889. The van der Waals surface area contributed by atoms with Crippen LogP contribution in [-0.2, 0) is 13.1 Å². The number of β-amino-alcohol motifs (C(OH)–C–C–N with tert-alkyl or cyclic N) is 1. The van der Waals surface area contributed by atoms with E-state index in [1.165, 1.54) is 0 Å². The van der Waals surface area contributed by atoms with Crippen LogP contribution in [-0.4, -0.2) is 49.4 Å². The van der Waals surface area contributed by atoms with Crippen LogP contribution < -0.4 is 0 Å². The van der Waals surface area contributed by atoms with E-state index in [0.29, 0.717) is 0 Å². The van der Waals surface area contributed by atoms with E-state index >= 15 is 0 Å². The molecule has 1 saturated heterocycles. The number of likely N-dealkylation sites (tertiary alicyclic amines) is 1. The van der Waals surface area contributed by atoms with Crippen molar-refractivity contribution in [3.05, 3.63) is 5.82 Å². The van der Waals surface area contributed by atoms with Crippen LogP contribution in [0.2, 0.25) is 0 Å². The highest BCUT2D eigenvalue weighted by atomic mass is 16.3. The lowest BCUT2D eigenvalue weighted by atomic mass is 10.3. The fourth-order valence-corrected chi connectivity index (χ4v) is 1.88.